The monoisotopic (exact) mass is 1470 g/mol. The SMILES string of the molecule is CCC/C=C/CCCCCCCCCCCCOC(=O)c1cccc(S(=O)(=O)[O-])c1C(=O)OCCCCCCCCCCCC/C=C/CCC.CCC/C=C/CCCCCCCCCCCCOC(=O)c1cccc(S(=O)(=O)[O-])c1C(=O)OCCCCCCCCCCCC/C=C/CCC.[Ca+2]. The van der Waals surface area contributed by atoms with Crippen molar-refractivity contribution < 1.29 is 64.1 Å². The summed E-state index contributed by atoms with van der Waals surface area (Å²) in [7, 11) is -10.0. The third-order valence-corrected chi connectivity index (χ3v) is 19.7. The Morgan fingerprint density at radius 2 is 0.455 bits per heavy atom. The van der Waals surface area contributed by atoms with Crippen LogP contribution < -0.4 is 0 Å². The van der Waals surface area contributed by atoms with Gasteiger partial charge in [0.1, 0.15) is 20.2 Å². The Labute approximate surface area is 645 Å². The first-order chi connectivity index (χ1) is 48.6. The van der Waals surface area contributed by atoms with Gasteiger partial charge in [-0.05, 0) is 127 Å². The standard InChI is InChI=1S/2C42H70O7S.Ca/c2*1-3-5-7-9-11-13-15-17-19-21-23-25-27-29-31-36-48-41(43)38-34-33-35-39(50(45,46)47)40(38)42(44)49-37-32-30-28-26-24-22-20-18-16-14-12-10-8-6-4-2;/h2*7-10,33-35H,3-6,11-32,36-37H2,1-2H3,(H,45,46,47);/q;;+2/p-2/b2*9-7+,10-8+;. The number of benzene rings is 2. The summed E-state index contributed by atoms with van der Waals surface area (Å²) in [6.45, 7) is 9.29. The molecule has 572 valence electrons. The van der Waals surface area contributed by atoms with Crippen LogP contribution in [0.4, 0.5) is 0 Å². The van der Waals surface area contributed by atoms with Gasteiger partial charge in [-0.1, -0.05) is 320 Å². The third kappa shape index (κ3) is 55.5. The predicted octanol–water partition coefficient (Wildman–Crippen LogP) is 24.0. The van der Waals surface area contributed by atoms with Crippen molar-refractivity contribution in [2.75, 3.05) is 26.4 Å². The molecule has 0 spiro atoms. The summed E-state index contributed by atoms with van der Waals surface area (Å²) in [4.78, 5) is 50.2. The first kappa shape index (κ1) is 97.4. The first-order valence-electron chi connectivity index (χ1n) is 40.1. The molecule has 0 aromatic heterocycles. The van der Waals surface area contributed by atoms with E-state index in [2.05, 4.69) is 76.3 Å². The average Bonchev–Trinajstić information content (AvgIpc) is 0.800. The summed E-state index contributed by atoms with van der Waals surface area (Å²) in [6.07, 6.45) is 77.8. The Balaban J connectivity index is 0.00000196. The Hall–Kier alpha value is -3.64. The van der Waals surface area contributed by atoms with Gasteiger partial charge in [0.2, 0.25) is 0 Å². The second kappa shape index (κ2) is 69.4. The van der Waals surface area contributed by atoms with E-state index in [0.29, 0.717) is 25.7 Å². The number of unbranched alkanes of at least 4 members (excludes halogenated alkanes) is 44. The predicted molar refractivity (Wildman–Crippen MR) is 415 cm³/mol. The molecule has 0 aliphatic carbocycles. The van der Waals surface area contributed by atoms with E-state index in [9.17, 15) is 45.1 Å². The molecule has 0 bridgehead atoms. The first-order valence-corrected chi connectivity index (χ1v) is 42.9. The van der Waals surface area contributed by atoms with E-state index in [4.69, 9.17) is 18.9 Å². The summed E-state index contributed by atoms with van der Waals surface area (Å²) < 4.78 is 93.2. The van der Waals surface area contributed by atoms with Crippen LogP contribution in [-0.2, 0) is 39.2 Å². The maximum Gasteiger partial charge on any atom is 2.00 e. The van der Waals surface area contributed by atoms with Crippen molar-refractivity contribution in [3.63, 3.8) is 0 Å². The van der Waals surface area contributed by atoms with Crippen molar-refractivity contribution in [3.8, 4) is 0 Å². The summed E-state index contributed by atoms with van der Waals surface area (Å²) in [6, 6.07) is 7.23. The molecule has 2 rings (SSSR count). The maximum atomic E-state index is 13.0. The van der Waals surface area contributed by atoms with Crippen LogP contribution in [0, 0.1) is 0 Å². The second-order valence-electron chi connectivity index (χ2n) is 27.1. The molecule has 2 aromatic carbocycles. The minimum atomic E-state index is -5.01. The van der Waals surface area contributed by atoms with Crippen LogP contribution in [0.25, 0.3) is 0 Å². The van der Waals surface area contributed by atoms with Crippen molar-refractivity contribution in [2.45, 2.75) is 371 Å². The van der Waals surface area contributed by atoms with Gasteiger partial charge in [0.25, 0.3) is 0 Å². The van der Waals surface area contributed by atoms with Crippen molar-refractivity contribution in [1.82, 2.24) is 0 Å². The average molecular weight is 1480 g/mol. The van der Waals surface area contributed by atoms with Crippen LogP contribution in [0.15, 0.2) is 94.8 Å². The maximum absolute atomic E-state index is 13.0. The summed E-state index contributed by atoms with van der Waals surface area (Å²) in [5.74, 6) is -3.63. The normalized spacial score (nSPS) is 11.8. The van der Waals surface area contributed by atoms with Crippen molar-refractivity contribution >= 4 is 81.9 Å². The third-order valence-electron chi connectivity index (χ3n) is 17.9. The zero-order valence-electron chi connectivity index (χ0n) is 63.9. The Morgan fingerprint density at radius 3 is 0.653 bits per heavy atom. The molecule has 0 radical (unpaired) electrons. The van der Waals surface area contributed by atoms with Gasteiger partial charge in [0.15, 0.2) is 0 Å². The Kier molecular flexibility index (Phi) is 66.9. The molecule has 0 saturated carbocycles. The fourth-order valence-electron chi connectivity index (χ4n) is 11.9. The molecule has 0 fully saturated rings. The molecule has 0 saturated heterocycles. The van der Waals surface area contributed by atoms with Crippen LogP contribution in [0.3, 0.4) is 0 Å². The van der Waals surface area contributed by atoms with E-state index in [1.807, 2.05) is 0 Å². The zero-order valence-corrected chi connectivity index (χ0v) is 67.8. The van der Waals surface area contributed by atoms with E-state index < -0.39 is 65.0 Å². The molecule has 17 heteroatoms. The number of hydrogen-bond acceptors (Lipinski definition) is 14. The van der Waals surface area contributed by atoms with Gasteiger partial charge in [-0.25, -0.2) is 36.0 Å². The number of rotatable bonds is 66. The second-order valence-corrected chi connectivity index (χ2v) is 29.8. The van der Waals surface area contributed by atoms with Crippen LogP contribution in [0.2, 0.25) is 0 Å². The Morgan fingerprint density at radius 1 is 0.277 bits per heavy atom. The zero-order chi connectivity index (χ0) is 73.1. The van der Waals surface area contributed by atoms with E-state index in [1.165, 1.54) is 255 Å². The Bertz CT molecular complexity index is 2540. The van der Waals surface area contributed by atoms with Gasteiger partial charge in [-0.15, -0.1) is 0 Å². The van der Waals surface area contributed by atoms with E-state index in [1.54, 1.807) is 0 Å². The topological polar surface area (TPSA) is 220 Å². The van der Waals surface area contributed by atoms with Gasteiger partial charge < -0.3 is 28.1 Å². The van der Waals surface area contributed by atoms with Gasteiger partial charge in [0.05, 0.1) is 58.5 Å². The van der Waals surface area contributed by atoms with Gasteiger partial charge in [-0.3, -0.25) is 0 Å². The van der Waals surface area contributed by atoms with Crippen LogP contribution in [-0.4, -0.2) is 114 Å². The number of ether oxygens (including phenoxy) is 4. The number of esters is 4. The molecule has 0 aliphatic rings. The molecule has 0 N–H and O–H groups in total. The quantitative estimate of drug-likeness (QED) is 0.0150. The molecule has 0 amide bonds. The fourth-order valence-corrected chi connectivity index (χ4v) is 13.3. The number of allylic oxidation sites excluding steroid dienone is 8. The van der Waals surface area contributed by atoms with Crippen LogP contribution in [0.5, 0.6) is 0 Å². The molecule has 101 heavy (non-hydrogen) atoms. The molecule has 0 atom stereocenters. The molecular formula is C84H138CaO14S2. The van der Waals surface area contributed by atoms with Gasteiger partial charge >= 0.3 is 61.6 Å². The molecular weight excluding hydrogens is 1340 g/mol. The molecule has 0 unspecified atom stereocenters. The largest absolute Gasteiger partial charge is 2.00 e. The molecule has 2 aromatic rings. The van der Waals surface area contributed by atoms with Gasteiger partial charge in [-0.2, -0.15) is 0 Å². The van der Waals surface area contributed by atoms with E-state index >= 15 is 0 Å². The van der Waals surface area contributed by atoms with Crippen molar-refractivity contribution in [1.29, 1.82) is 0 Å². The van der Waals surface area contributed by atoms with E-state index in [-0.39, 0.29) is 75.3 Å². The van der Waals surface area contributed by atoms with E-state index in [0.717, 1.165) is 89.2 Å². The van der Waals surface area contributed by atoms with Crippen LogP contribution >= 0.6 is 0 Å². The summed E-state index contributed by atoms with van der Waals surface area (Å²) in [5.41, 5.74) is -1.57. The van der Waals surface area contributed by atoms with Crippen molar-refractivity contribution in [3.05, 3.63) is 107 Å². The van der Waals surface area contributed by atoms with Crippen LogP contribution in [0.1, 0.15) is 403 Å². The smallest absolute Gasteiger partial charge is 0.744 e. The number of carbonyl (C=O) groups is 4. The molecule has 0 heterocycles. The summed E-state index contributed by atoms with van der Waals surface area (Å²) in [5, 5.41) is 0. The fraction of sp³-hybridized carbons (Fsp3) is 0.714. The molecule has 14 nitrogen and oxygen atoms in total. The number of carbonyl (C=O) groups excluding carboxylic acids is 4. The van der Waals surface area contributed by atoms with Crippen molar-refractivity contribution in [2.24, 2.45) is 0 Å². The summed E-state index contributed by atoms with van der Waals surface area (Å²) >= 11 is 0. The number of hydrogen-bond donors (Lipinski definition) is 0. The molecule has 0 aliphatic heterocycles. The van der Waals surface area contributed by atoms with Gasteiger partial charge in [0, 0.05) is 0 Å². The minimum Gasteiger partial charge on any atom is -0.744 e. The minimum absolute atomic E-state index is 0.